The van der Waals surface area contributed by atoms with Crippen molar-refractivity contribution in [3.63, 3.8) is 0 Å². The molecule has 9 heteroatoms. The number of anilines is 1. The molecule has 3 N–H and O–H groups in total. The van der Waals surface area contributed by atoms with Crippen LogP contribution in [0.25, 0.3) is 55.7 Å². The molecule has 0 aliphatic heterocycles. The second kappa shape index (κ2) is 9.43. The fourth-order valence-electron chi connectivity index (χ4n) is 5.38. The zero-order valence-electron chi connectivity index (χ0n) is 20.9. The molecular formula is C30H24FN7O. The van der Waals surface area contributed by atoms with E-state index in [1.807, 2.05) is 24.3 Å². The SMILES string of the molecule is O=C(Nc1cncc(-c2cnc3[nH]nc(-c4cc5c(-c6ccc(F)cc6)nccc5[nH]4)c3c2)c1)C1CCCC1. The number of aromatic nitrogens is 6. The first-order chi connectivity index (χ1) is 19.1. The van der Waals surface area contributed by atoms with Crippen molar-refractivity contribution in [1.29, 1.82) is 0 Å². The Balaban J connectivity index is 1.24. The van der Waals surface area contributed by atoms with Crippen LogP contribution in [-0.4, -0.2) is 36.0 Å². The second-order valence-electron chi connectivity index (χ2n) is 9.94. The summed E-state index contributed by atoms with van der Waals surface area (Å²) < 4.78 is 13.5. The molecule has 7 rings (SSSR count). The summed E-state index contributed by atoms with van der Waals surface area (Å²) in [6.07, 6.45) is 11.0. The Morgan fingerprint density at radius 2 is 1.69 bits per heavy atom. The standard InChI is InChI=1S/C30H24FN7O/c31-21-7-5-17(6-8-21)27-23-13-26(36-25(23)9-10-33-27)28-24-12-20(15-34-29(24)38-37-28)19-11-22(16-32-14-19)35-30(39)18-3-1-2-4-18/h5-16,18,36H,1-4H2,(H,35,39)(H,34,37,38). The average molecular weight is 518 g/mol. The number of rotatable bonds is 5. The van der Waals surface area contributed by atoms with E-state index in [0.717, 1.165) is 75.7 Å². The molecular weight excluding hydrogens is 493 g/mol. The highest BCUT2D eigenvalue weighted by molar-refractivity contribution is 6.00. The fourth-order valence-corrected chi connectivity index (χ4v) is 5.38. The van der Waals surface area contributed by atoms with Gasteiger partial charge >= 0.3 is 0 Å². The number of halogens is 1. The van der Waals surface area contributed by atoms with Crippen LogP contribution in [-0.2, 0) is 4.79 Å². The molecule has 39 heavy (non-hydrogen) atoms. The lowest BCUT2D eigenvalue weighted by atomic mass is 10.1. The highest BCUT2D eigenvalue weighted by atomic mass is 19.1. The first-order valence-corrected chi connectivity index (χ1v) is 13.0. The van der Waals surface area contributed by atoms with Gasteiger partial charge in [-0.15, -0.1) is 0 Å². The monoisotopic (exact) mass is 517 g/mol. The van der Waals surface area contributed by atoms with Crippen LogP contribution >= 0.6 is 0 Å². The predicted molar refractivity (Wildman–Crippen MR) is 148 cm³/mol. The Hall–Kier alpha value is -4.92. The minimum absolute atomic E-state index is 0.0606. The Morgan fingerprint density at radius 3 is 2.54 bits per heavy atom. The number of fused-ring (bicyclic) bond motifs is 2. The van der Waals surface area contributed by atoms with Crippen LogP contribution in [0.3, 0.4) is 0 Å². The van der Waals surface area contributed by atoms with Crippen LogP contribution in [0, 0.1) is 11.7 Å². The van der Waals surface area contributed by atoms with Crippen molar-refractivity contribution in [2.75, 3.05) is 5.32 Å². The number of nitrogens with one attached hydrogen (secondary N) is 3. The first kappa shape index (κ1) is 23.2. The van der Waals surface area contributed by atoms with Gasteiger partial charge in [0.2, 0.25) is 5.91 Å². The van der Waals surface area contributed by atoms with Crippen molar-refractivity contribution >= 4 is 33.5 Å². The van der Waals surface area contributed by atoms with Gasteiger partial charge in [0.25, 0.3) is 0 Å². The molecule has 0 saturated heterocycles. The van der Waals surface area contributed by atoms with E-state index >= 15 is 0 Å². The Morgan fingerprint density at radius 1 is 0.872 bits per heavy atom. The maximum Gasteiger partial charge on any atom is 0.227 e. The van der Waals surface area contributed by atoms with Crippen molar-refractivity contribution in [2.45, 2.75) is 25.7 Å². The van der Waals surface area contributed by atoms with E-state index in [4.69, 9.17) is 0 Å². The number of hydrogen-bond acceptors (Lipinski definition) is 5. The summed E-state index contributed by atoms with van der Waals surface area (Å²) in [5, 5.41) is 12.4. The highest BCUT2D eigenvalue weighted by Crippen LogP contribution is 2.34. The number of aromatic amines is 2. The normalized spacial score (nSPS) is 13.9. The van der Waals surface area contributed by atoms with Crippen molar-refractivity contribution < 1.29 is 9.18 Å². The molecule has 1 saturated carbocycles. The number of H-pyrrole nitrogens is 2. The van der Waals surface area contributed by atoms with Gasteiger partial charge in [0.15, 0.2) is 5.65 Å². The summed E-state index contributed by atoms with van der Waals surface area (Å²) in [4.78, 5) is 29.6. The van der Waals surface area contributed by atoms with Gasteiger partial charge in [0, 0.05) is 57.5 Å². The van der Waals surface area contributed by atoms with E-state index in [1.54, 1.807) is 36.9 Å². The molecule has 5 aromatic heterocycles. The second-order valence-corrected chi connectivity index (χ2v) is 9.94. The van der Waals surface area contributed by atoms with Crippen LogP contribution in [0.15, 0.2) is 73.3 Å². The maximum absolute atomic E-state index is 13.5. The van der Waals surface area contributed by atoms with E-state index in [-0.39, 0.29) is 17.6 Å². The van der Waals surface area contributed by atoms with Crippen molar-refractivity contribution in [3.8, 4) is 33.8 Å². The zero-order valence-corrected chi connectivity index (χ0v) is 20.9. The van der Waals surface area contributed by atoms with Gasteiger partial charge in [-0.25, -0.2) is 9.37 Å². The molecule has 0 bridgehead atoms. The molecule has 0 spiro atoms. The summed E-state index contributed by atoms with van der Waals surface area (Å²) in [6.45, 7) is 0. The van der Waals surface area contributed by atoms with Gasteiger partial charge in [0.05, 0.1) is 23.3 Å². The predicted octanol–water partition coefficient (Wildman–Crippen LogP) is 6.50. The third-order valence-corrected chi connectivity index (χ3v) is 7.40. The van der Waals surface area contributed by atoms with Gasteiger partial charge in [-0.05, 0) is 61.4 Å². The first-order valence-electron chi connectivity index (χ1n) is 13.0. The molecule has 5 heterocycles. The number of nitrogens with zero attached hydrogens (tertiary/aromatic N) is 4. The van der Waals surface area contributed by atoms with E-state index in [1.165, 1.54) is 12.1 Å². The van der Waals surface area contributed by atoms with E-state index in [2.05, 4.69) is 35.5 Å². The quantitative estimate of drug-likeness (QED) is 0.242. The zero-order chi connectivity index (χ0) is 26.3. The van der Waals surface area contributed by atoms with Crippen LogP contribution in [0.5, 0.6) is 0 Å². The highest BCUT2D eigenvalue weighted by Gasteiger charge is 2.23. The lowest BCUT2D eigenvalue weighted by Crippen LogP contribution is -2.20. The Bertz CT molecular complexity index is 1830. The molecule has 0 atom stereocenters. The summed E-state index contributed by atoms with van der Waals surface area (Å²) >= 11 is 0. The van der Waals surface area contributed by atoms with Crippen molar-refractivity contribution in [1.82, 2.24) is 30.1 Å². The van der Waals surface area contributed by atoms with Crippen LogP contribution < -0.4 is 5.32 Å². The third-order valence-electron chi connectivity index (χ3n) is 7.40. The Kier molecular flexibility index (Phi) is 5.61. The van der Waals surface area contributed by atoms with Crippen LogP contribution in [0.4, 0.5) is 10.1 Å². The summed E-state index contributed by atoms with van der Waals surface area (Å²) in [5.74, 6) is -0.149. The van der Waals surface area contributed by atoms with Crippen LogP contribution in [0.1, 0.15) is 25.7 Å². The average Bonchev–Trinajstić information content (AvgIpc) is 3.73. The third kappa shape index (κ3) is 4.31. The summed E-state index contributed by atoms with van der Waals surface area (Å²) in [7, 11) is 0. The number of carbonyl (C=O) groups is 1. The van der Waals surface area contributed by atoms with E-state index in [9.17, 15) is 9.18 Å². The molecule has 1 aliphatic rings. The van der Waals surface area contributed by atoms with Crippen molar-refractivity contribution in [3.05, 3.63) is 79.1 Å². The van der Waals surface area contributed by atoms with E-state index in [0.29, 0.717) is 11.3 Å². The minimum Gasteiger partial charge on any atom is -0.353 e. The molecule has 6 aromatic rings. The van der Waals surface area contributed by atoms with Gasteiger partial charge in [-0.3, -0.25) is 19.9 Å². The van der Waals surface area contributed by atoms with Gasteiger partial charge in [-0.2, -0.15) is 5.10 Å². The van der Waals surface area contributed by atoms with Crippen LogP contribution in [0.2, 0.25) is 0 Å². The van der Waals surface area contributed by atoms with Gasteiger partial charge < -0.3 is 10.3 Å². The van der Waals surface area contributed by atoms with E-state index < -0.39 is 0 Å². The number of hydrogen-bond donors (Lipinski definition) is 3. The summed E-state index contributed by atoms with van der Waals surface area (Å²) in [6, 6.07) is 14.2. The minimum atomic E-state index is -0.288. The molecule has 0 unspecified atom stereocenters. The lowest BCUT2D eigenvalue weighted by molar-refractivity contribution is -0.119. The fraction of sp³-hybridized carbons (Fsp3) is 0.167. The topological polar surface area (TPSA) is 112 Å². The summed E-state index contributed by atoms with van der Waals surface area (Å²) in [5.41, 5.74) is 7.05. The number of benzene rings is 1. The maximum atomic E-state index is 13.5. The molecule has 192 valence electrons. The number of pyridine rings is 3. The number of carbonyl (C=O) groups excluding carboxylic acids is 1. The molecule has 1 fully saturated rings. The van der Waals surface area contributed by atoms with Crippen molar-refractivity contribution in [2.24, 2.45) is 5.92 Å². The smallest absolute Gasteiger partial charge is 0.227 e. The number of amides is 1. The Labute approximate surface area is 222 Å². The lowest BCUT2D eigenvalue weighted by Gasteiger charge is -2.11. The molecule has 0 radical (unpaired) electrons. The molecule has 8 nitrogen and oxygen atoms in total. The van der Waals surface area contributed by atoms with Gasteiger partial charge in [-0.1, -0.05) is 12.8 Å². The molecule has 1 aliphatic carbocycles. The largest absolute Gasteiger partial charge is 0.353 e. The molecule has 1 amide bonds. The van der Waals surface area contributed by atoms with Gasteiger partial charge in [0.1, 0.15) is 11.5 Å². The molecule has 1 aromatic carbocycles.